The molecule has 7 fully saturated rings. The van der Waals surface area contributed by atoms with E-state index in [-0.39, 0.29) is 45.2 Å². The second kappa shape index (κ2) is 11.7. The minimum Gasteiger partial charge on any atom is -0.462 e. The fourth-order valence-electron chi connectivity index (χ4n) is 15.3. The fourth-order valence-corrected chi connectivity index (χ4v) is 15.3. The minimum atomic E-state index is -0.292. The van der Waals surface area contributed by atoms with Gasteiger partial charge in [0.05, 0.1) is 5.41 Å². The Balaban J connectivity index is 1.04. The molecule has 0 spiro atoms. The Kier molecular flexibility index (Phi) is 7.85. The van der Waals surface area contributed by atoms with Crippen LogP contribution in [0.5, 0.6) is 0 Å². The standard InChI is InChI=1S/C45H63N3O4/c1-28(49)51-35-19-20-42(5)33(40(35,2)3)18-21-44(7)34(42)16-15-31-36-30(41(4)23-24-41)17-22-45(36,26-25-43(31,44)6)39(50)48-27-11-14-32(48)38-46-37(47-52-38)29-12-9-8-10-13-29/h8-10,12-13,30-36H,11,14-27H2,1-7H3/t30-,31-,32?,33+,34-,35+,36-,42+,43-,44-,45+/m1/s1. The van der Waals surface area contributed by atoms with Gasteiger partial charge in [-0.05, 0) is 141 Å². The number of fused-ring (bicyclic) bond motifs is 7. The van der Waals surface area contributed by atoms with Crippen molar-refractivity contribution in [3.63, 3.8) is 0 Å². The summed E-state index contributed by atoms with van der Waals surface area (Å²) in [5.74, 6) is 4.30. The van der Waals surface area contributed by atoms with Crippen molar-refractivity contribution in [1.82, 2.24) is 15.0 Å². The molecular formula is C45H63N3O4. The lowest BCUT2D eigenvalue weighted by molar-refractivity contribution is -0.251. The van der Waals surface area contributed by atoms with Crippen LogP contribution >= 0.6 is 0 Å². The van der Waals surface area contributed by atoms with Crippen LogP contribution in [-0.2, 0) is 14.3 Å². The molecule has 52 heavy (non-hydrogen) atoms. The monoisotopic (exact) mass is 709 g/mol. The first kappa shape index (κ1) is 35.0. The summed E-state index contributed by atoms with van der Waals surface area (Å²) >= 11 is 0. The number of rotatable bonds is 5. The van der Waals surface area contributed by atoms with Crippen molar-refractivity contribution in [3.05, 3.63) is 36.2 Å². The molecule has 1 aromatic heterocycles. The van der Waals surface area contributed by atoms with Gasteiger partial charge in [0, 0.05) is 24.4 Å². The first-order valence-electron chi connectivity index (χ1n) is 21.1. The van der Waals surface area contributed by atoms with Gasteiger partial charge in [0.15, 0.2) is 0 Å². The van der Waals surface area contributed by atoms with Gasteiger partial charge in [-0.25, -0.2) is 0 Å². The molecule has 9 rings (SSSR count). The van der Waals surface area contributed by atoms with Crippen LogP contribution in [0.15, 0.2) is 34.9 Å². The maximum absolute atomic E-state index is 15.5. The smallest absolute Gasteiger partial charge is 0.302 e. The molecule has 11 atom stereocenters. The van der Waals surface area contributed by atoms with E-state index in [2.05, 4.69) is 51.6 Å². The summed E-state index contributed by atoms with van der Waals surface area (Å²) in [6.45, 7) is 17.7. The van der Waals surface area contributed by atoms with E-state index >= 15 is 4.79 Å². The Morgan fingerprint density at radius 2 is 1.56 bits per heavy atom. The van der Waals surface area contributed by atoms with Gasteiger partial charge < -0.3 is 14.2 Å². The zero-order valence-electron chi connectivity index (χ0n) is 33.0. The Bertz CT molecular complexity index is 1730. The molecule has 1 aliphatic heterocycles. The second-order valence-corrected chi connectivity index (χ2v) is 20.6. The predicted octanol–water partition coefficient (Wildman–Crippen LogP) is 10.2. The van der Waals surface area contributed by atoms with E-state index in [1.165, 1.54) is 44.9 Å². The zero-order valence-corrected chi connectivity index (χ0v) is 33.0. The Hall–Kier alpha value is -2.70. The number of nitrogens with zero attached hydrogens (tertiary/aromatic N) is 3. The highest BCUT2D eigenvalue weighted by atomic mass is 16.5. The number of ether oxygens (including phenoxy) is 1. The van der Waals surface area contributed by atoms with Gasteiger partial charge in [-0.15, -0.1) is 0 Å². The first-order chi connectivity index (χ1) is 24.7. The van der Waals surface area contributed by atoms with E-state index < -0.39 is 0 Å². The van der Waals surface area contributed by atoms with Crippen LogP contribution in [0.3, 0.4) is 0 Å². The van der Waals surface area contributed by atoms with Crippen LogP contribution in [0.1, 0.15) is 150 Å². The summed E-state index contributed by atoms with van der Waals surface area (Å²) in [5, 5.41) is 4.38. The van der Waals surface area contributed by atoms with Crippen molar-refractivity contribution in [2.75, 3.05) is 6.54 Å². The molecule has 0 radical (unpaired) electrons. The van der Waals surface area contributed by atoms with Gasteiger partial charge in [-0.3, -0.25) is 9.59 Å². The van der Waals surface area contributed by atoms with E-state index in [1.807, 2.05) is 30.3 Å². The zero-order chi connectivity index (χ0) is 36.5. The summed E-state index contributed by atoms with van der Waals surface area (Å²) in [4.78, 5) is 34.8. The highest BCUT2D eigenvalue weighted by Gasteiger charge is 2.74. The summed E-state index contributed by atoms with van der Waals surface area (Å²) < 4.78 is 12.0. The highest BCUT2D eigenvalue weighted by molar-refractivity contribution is 5.84. The molecule has 1 amide bonds. The molecule has 6 aliphatic carbocycles. The van der Waals surface area contributed by atoms with Gasteiger partial charge in [-0.2, -0.15) is 4.98 Å². The third kappa shape index (κ3) is 4.74. The number of benzene rings is 1. The lowest BCUT2D eigenvalue weighted by Crippen LogP contribution is -2.67. The SMILES string of the molecule is CC(=O)O[C@H]1CC[C@]2(C)[C@H]3CC[C@@H]4[C@H]5[C@H](C6(C)CC6)CC[C@]5(C(=O)N5CCCC5c5nc(-c6ccccc6)no5)CC[C@@]4(C)[C@]3(C)CC[C@H]2C1(C)C. The summed E-state index contributed by atoms with van der Waals surface area (Å²) in [7, 11) is 0. The lowest BCUT2D eigenvalue weighted by atomic mass is 9.32. The molecule has 6 saturated carbocycles. The predicted molar refractivity (Wildman–Crippen MR) is 200 cm³/mol. The quantitative estimate of drug-likeness (QED) is 0.287. The van der Waals surface area contributed by atoms with Crippen molar-refractivity contribution in [2.24, 2.45) is 62.1 Å². The van der Waals surface area contributed by atoms with E-state index in [4.69, 9.17) is 14.2 Å². The normalized spacial score (nSPS) is 44.2. The van der Waals surface area contributed by atoms with Crippen LogP contribution in [0, 0.1) is 62.1 Å². The Morgan fingerprint density at radius 1 is 0.788 bits per heavy atom. The van der Waals surface area contributed by atoms with Gasteiger partial charge in [0.25, 0.3) is 0 Å². The second-order valence-electron chi connectivity index (χ2n) is 20.6. The van der Waals surface area contributed by atoms with Gasteiger partial charge in [-0.1, -0.05) is 77.0 Å². The molecule has 1 saturated heterocycles. The number of aromatic nitrogens is 2. The van der Waals surface area contributed by atoms with Crippen molar-refractivity contribution in [3.8, 4) is 11.4 Å². The molecular weight excluding hydrogens is 647 g/mol. The number of carbonyl (C=O) groups excluding carboxylic acids is 2. The van der Waals surface area contributed by atoms with Crippen molar-refractivity contribution >= 4 is 11.9 Å². The Morgan fingerprint density at radius 3 is 2.29 bits per heavy atom. The van der Waals surface area contributed by atoms with Gasteiger partial charge in [0.2, 0.25) is 17.6 Å². The number of hydrogen-bond donors (Lipinski definition) is 0. The highest BCUT2D eigenvalue weighted by Crippen LogP contribution is 2.79. The largest absolute Gasteiger partial charge is 0.462 e. The molecule has 0 N–H and O–H groups in total. The molecule has 1 aromatic carbocycles. The Labute approximate surface area is 311 Å². The average Bonchev–Trinajstić information content (AvgIpc) is 3.50. The molecule has 7 aliphatic rings. The van der Waals surface area contributed by atoms with Crippen LogP contribution < -0.4 is 0 Å². The number of likely N-dealkylation sites (tertiary alicyclic amines) is 1. The van der Waals surface area contributed by atoms with E-state index in [9.17, 15) is 4.79 Å². The molecule has 7 nitrogen and oxygen atoms in total. The lowest BCUT2D eigenvalue weighted by Gasteiger charge is -2.73. The summed E-state index contributed by atoms with van der Waals surface area (Å²) in [6, 6.07) is 9.90. The fraction of sp³-hybridized carbons (Fsp3) is 0.778. The van der Waals surface area contributed by atoms with E-state index in [0.29, 0.717) is 52.6 Å². The number of amides is 1. The van der Waals surface area contributed by atoms with E-state index in [0.717, 1.165) is 57.1 Å². The first-order valence-corrected chi connectivity index (χ1v) is 21.1. The summed E-state index contributed by atoms with van der Waals surface area (Å²) in [5.41, 5.74) is 1.66. The molecule has 2 heterocycles. The van der Waals surface area contributed by atoms with Crippen LogP contribution in [-0.4, -0.2) is 39.6 Å². The van der Waals surface area contributed by atoms with Gasteiger partial charge >= 0.3 is 5.97 Å². The molecule has 0 bridgehead atoms. The van der Waals surface area contributed by atoms with Crippen LogP contribution in [0.25, 0.3) is 11.4 Å². The van der Waals surface area contributed by atoms with Crippen LogP contribution in [0.4, 0.5) is 0 Å². The van der Waals surface area contributed by atoms with E-state index in [1.54, 1.807) is 6.92 Å². The number of hydrogen-bond acceptors (Lipinski definition) is 6. The topological polar surface area (TPSA) is 85.5 Å². The molecule has 1 unspecified atom stereocenters. The molecule has 7 heteroatoms. The third-order valence-corrected chi connectivity index (χ3v) is 18.3. The maximum atomic E-state index is 15.5. The minimum absolute atomic E-state index is 0.00528. The van der Waals surface area contributed by atoms with Crippen LogP contribution in [0.2, 0.25) is 0 Å². The average molecular weight is 710 g/mol. The third-order valence-electron chi connectivity index (χ3n) is 18.3. The number of carbonyl (C=O) groups is 2. The maximum Gasteiger partial charge on any atom is 0.302 e. The molecule has 2 aromatic rings. The van der Waals surface area contributed by atoms with Crippen molar-refractivity contribution < 1.29 is 18.8 Å². The van der Waals surface area contributed by atoms with Crippen molar-refractivity contribution in [1.29, 1.82) is 0 Å². The number of esters is 1. The summed E-state index contributed by atoms with van der Waals surface area (Å²) in [6.07, 6.45) is 16.0. The molecule has 282 valence electrons. The van der Waals surface area contributed by atoms with Crippen molar-refractivity contribution in [2.45, 2.75) is 151 Å². The van der Waals surface area contributed by atoms with Gasteiger partial charge in [0.1, 0.15) is 12.1 Å².